The number of H-pyrrole nitrogens is 1. The lowest BCUT2D eigenvalue weighted by molar-refractivity contribution is 0.130. The van der Waals surface area contributed by atoms with Gasteiger partial charge in [0.05, 0.1) is 18.7 Å². The van der Waals surface area contributed by atoms with Gasteiger partial charge in [-0.05, 0) is 6.92 Å². The molecule has 7 heteroatoms. The van der Waals surface area contributed by atoms with E-state index in [-0.39, 0.29) is 18.6 Å². The Kier molecular flexibility index (Phi) is 2.47. The van der Waals surface area contributed by atoms with Gasteiger partial charge in [0.25, 0.3) is 5.56 Å². The quantitative estimate of drug-likeness (QED) is 0.595. The van der Waals surface area contributed by atoms with E-state index >= 15 is 0 Å². The molecule has 0 aliphatic carbocycles. The van der Waals surface area contributed by atoms with Crippen molar-refractivity contribution in [2.45, 2.75) is 19.1 Å². The second-order valence-corrected chi connectivity index (χ2v) is 3.97. The predicted molar refractivity (Wildman–Crippen MR) is 54.4 cm³/mol. The summed E-state index contributed by atoms with van der Waals surface area (Å²) in [6.07, 6.45) is -1.94. The van der Waals surface area contributed by atoms with Gasteiger partial charge >= 0.3 is 6.09 Å². The number of rotatable bonds is 1. The van der Waals surface area contributed by atoms with Crippen molar-refractivity contribution in [3.63, 3.8) is 0 Å². The molecule has 0 bridgehead atoms. The first kappa shape index (κ1) is 10.7. The maximum Gasteiger partial charge on any atom is 0.407 e. The molecule has 1 aromatic heterocycles. The summed E-state index contributed by atoms with van der Waals surface area (Å²) >= 11 is 0. The van der Waals surface area contributed by atoms with E-state index in [4.69, 9.17) is 5.11 Å². The van der Waals surface area contributed by atoms with Crippen LogP contribution in [-0.4, -0.2) is 50.2 Å². The molecule has 3 N–H and O–H groups in total. The highest BCUT2D eigenvalue weighted by atomic mass is 16.4. The van der Waals surface area contributed by atoms with Crippen LogP contribution in [0.3, 0.4) is 0 Å². The van der Waals surface area contributed by atoms with E-state index in [1.165, 1.54) is 10.7 Å². The summed E-state index contributed by atoms with van der Waals surface area (Å²) in [5.41, 5.74) is 0.430. The third-order valence-corrected chi connectivity index (χ3v) is 2.74. The molecule has 0 spiro atoms. The van der Waals surface area contributed by atoms with Crippen LogP contribution in [-0.2, 0) is 0 Å². The average molecular weight is 227 g/mol. The Hall–Kier alpha value is -1.76. The molecule has 1 fully saturated rings. The third-order valence-electron chi connectivity index (χ3n) is 2.74. The fraction of sp³-hybridized carbons (Fsp3) is 0.556. The zero-order valence-corrected chi connectivity index (χ0v) is 8.75. The largest absolute Gasteiger partial charge is 0.465 e. The zero-order chi connectivity index (χ0) is 11.9. The van der Waals surface area contributed by atoms with Crippen LogP contribution in [0.15, 0.2) is 10.9 Å². The van der Waals surface area contributed by atoms with Crippen LogP contribution < -0.4 is 5.56 Å². The number of carbonyl (C=O) groups is 1. The van der Waals surface area contributed by atoms with Crippen LogP contribution in [0.25, 0.3) is 0 Å². The molecule has 0 saturated carbocycles. The zero-order valence-electron chi connectivity index (χ0n) is 8.75. The van der Waals surface area contributed by atoms with E-state index in [1.54, 1.807) is 6.92 Å². The van der Waals surface area contributed by atoms with E-state index in [2.05, 4.69) is 5.10 Å². The number of aromatic nitrogens is 2. The van der Waals surface area contributed by atoms with Crippen molar-refractivity contribution in [1.82, 2.24) is 14.7 Å². The first-order valence-electron chi connectivity index (χ1n) is 4.93. The standard InChI is InChI=1S/C9H13N3O4/c1-5-2-8(14)12(10-5)6-3-11(9(15)16)4-7(6)13/h2,6-7,10,13H,3-4H2,1H3,(H,15,16)/t6-,7-/m0/s1. The van der Waals surface area contributed by atoms with Crippen molar-refractivity contribution >= 4 is 6.09 Å². The van der Waals surface area contributed by atoms with Gasteiger partial charge in [-0.1, -0.05) is 0 Å². The Morgan fingerprint density at radius 3 is 2.69 bits per heavy atom. The fourth-order valence-electron chi connectivity index (χ4n) is 1.96. The molecule has 0 radical (unpaired) electrons. The Bertz CT molecular complexity index is 464. The van der Waals surface area contributed by atoms with Gasteiger partial charge in [-0.2, -0.15) is 0 Å². The van der Waals surface area contributed by atoms with Crippen molar-refractivity contribution in [1.29, 1.82) is 0 Å². The summed E-state index contributed by atoms with van der Waals surface area (Å²) in [6.45, 7) is 1.88. The summed E-state index contributed by atoms with van der Waals surface area (Å²) in [5.74, 6) is 0. The molecular weight excluding hydrogens is 214 g/mol. The molecule has 1 aliphatic heterocycles. The van der Waals surface area contributed by atoms with Crippen molar-refractivity contribution in [2.24, 2.45) is 0 Å². The lowest BCUT2D eigenvalue weighted by atomic mass is 10.2. The number of aromatic amines is 1. The summed E-state index contributed by atoms with van der Waals surface area (Å²) in [5, 5.41) is 21.3. The maximum absolute atomic E-state index is 11.5. The molecule has 0 aromatic carbocycles. The Labute approximate surface area is 90.9 Å². The second kappa shape index (κ2) is 3.67. The number of carboxylic acid groups (broad SMARTS) is 1. The van der Waals surface area contributed by atoms with Gasteiger partial charge in [-0.3, -0.25) is 9.89 Å². The highest BCUT2D eigenvalue weighted by Gasteiger charge is 2.36. The van der Waals surface area contributed by atoms with E-state index in [1.807, 2.05) is 0 Å². The number of amides is 1. The maximum atomic E-state index is 11.5. The SMILES string of the molecule is Cc1cc(=O)n([C@H]2CN(C(=O)O)C[C@@H]2O)[nH]1. The summed E-state index contributed by atoms with van der Waals surface area (Å²) in [7, 11) is 0. The van der Waals surface area contributed by atoms with E-state index in [0.717, 1.165) is 4.90 Å². The monoisotopic (exact) mass is 227 g/mol. The van der Waals surface area contributed by atoms with Gasteiger partial charge in [0.2, 0.25) is 0 Å². The topological polar surface area (TPSA) is 98.6 Å². The molecule has 2 atom stereocenters. The van der Waals surface area contributed by atoms with Gasteiger partial charge in [-0.25, -0.2) is 9.48 Å². The molecule has 2 heterocycles. The molecule has 1 aromatic rings. The lowest BCUT2D eigenvalue weighted by Crippen LogP contribution is -2.30. The number of aliphatic hydroxyl groups excluding tert-OH is 1. The Balaban J connectivity index is 2.26. The minimum Gasteiger partial charge on any atom is -0.465 e. The van der Waals surface area contributed by atoms with Crippen molar-refractivity contribution in [3.05, 3.63) is 22.1 Å². The molecule has 88 valence electrons. The van der Waals surface area contributed by atoms with Gasteiger partial charge in [-0.15, -0.1) is 0 Å². The lowest BCUT2D eigenvalue weighted by Gasteiger charge is -2.13. The van der Waals surface area contributed by atoms with Crippen LogP contribution in [0.5, 0.6) is 0 Å². The molecule has 16 heavy (non-hydrogen) atoms. The van der Waals surface area contributed by atoms with Crippen LogP contribution in [0, 0.1) is 6.92 Å². The highest BCUT2D eigenvalue weighted by molar-refractivity contribution is 5.65. The predicted octanol–water partition coefficient (Wildman–Crippen LogP) is -0.620. The Morgan fingerprint density at radius 1 is 1.56 bits per heavy atom. The van der Waals surface area contributed by atoms with Crippen LogP contribution >= 0.6 is 0 Å². The highest BCUT2D eigenvalue weighted by Crippen LogP contribution is 2.20. The number of hydrogen-bond donors (Lipinski definition) is 3. The average Bonchev–Trinajstić information content (AvgIpc) is 2.69. The van der Waals surface area contributed by atoms with Gasteiger partial charge in [0.1, 0.15) is 0 Å². The van der Waals surface area contributed by atoms with Gasteiger partial charge in [0, 0.05) is 18.3 Å². The van der Waals surface area contributed by atoms with Crippen LogP contribution in [0.4, 0.5) is 4.79 Å². The van der Waals surface area contributed by atoms with E-state index in [0.29, 0.717) is 5.69 Å². The van der Waals surface area contributed by atoms with Crippen molar-refractivity contribution < 1.29 is 15.0 Å². The summed E-state index contributed by atoms with van der Waals surface area (Å²) < 4.78 is 1.28. The van der Waals surface area contributed by atoms with Gasteiger partial charge in [0.15, 0.2) is 0 Å². The molecule has 1 saturated heterocycles. The number of nitrogens with one attached hydrogen (secondary N) is 1. The fourth-order valence-corrected chi connectivity index (χ4v) is 1.96. The number of aliphatic hydroxyl groups is 1. The first-order valence-corrected chi connectivity index (χ1v) is 4.93. The van der Waals surface area contributed by atoms with Gasteiger partial charge < -0.3 is 15.1 Å². The normalized spacial score (nSPS) is 25.0. The first-order chi connectivity index (χ1) is 7.49. The van der Waals surface area contributed by atoms with Crippen LogP contribution in [0.1, 0.15) is 11.7 Å². The van der Waals surface area contributed by atoms with Crippen LogP contribution in [0.2, 0.25) is 0 Å². The number of hydrogen-bond acceptors (Lipinski definition) is 3. The molecule has 2 rings (SSSR count). The molecule has 7 nitrogen and oxygen atoms in total. The Morgan fingerprint density at radius 2 is 2.25 bits per heavy atom. The smallest absolute Gasteiger partial charge is 0.407 e. The van der Waals surface area contributed by atoms with E-state index in [9.17, 15) is 14.7 Å². The molecular formula is C9H13N3O4. The number of likely N-dealkylation sites (tertiary alicyclic amines) is 1. The molecule has 0 unspecified atom stereocenters. The third kappa shape index (κ3) is 1.69. The summed E-state index contributed by atoms with van der Waals surface area (Å²) in [6, 6.07) is 0.883. The summed E-state index contributed by atoms with van der Waals surface area (Å²) in [4.78, 5) is 23.3. The van der Waals surface area contributed by atoms with E-state index < -0.39 is 18.2 Å². The van der Waals surface area contributed by atoms with Crippen molar-refractivity contribution in [3.8, 4) is 0 Å². The number of nitrogens with zero attached hydrogens (tertiary/aromatic N) is 2. The molecule has 1 aliphatic rings. The number of β-amino-alcohol motifs (C(OH)–C–C–N with tert-alkyl or cyclic N) is 1. The molecule has 1 amide bonds. The minimum atomic E-state index is -1.09. The van der Waals surface area contributed by atoms with Crippen molar-refractivity contribution in [2.75, 3.05) is 13.1 Å². The number of aryl methyl sites for hydroxylation is 1. The second-order valence-electron chi connectivity index (χ2n) is 3.97. The minimum absolute atomic E-state index is 0.0322.